The third-order valence-corrected chi connectivity index (χ3v) is 10.2. The summed E-state index contributed by atoms with van der Waals surface area (Å²) in [5.41, 5.74) is 0. The van der Waals surface area contributed by atoms with Crippen molar-refractivity contribution in [1.29, 1.82) is 0 Å². The van der Waals surface area contributed by atoms with Crippen molar-refractivity contribution in [3.63, 3.8) is 0 Å². The molecule has 0 bridgehead atoms. The molecule has 0 saturated heterocycles. The zero-order valence-electron chi connectivity index (χ0n) is 17.8. The fraction of sp³-hybridized carbons (Fsp3) is 0.440. The van der Waals surface area contributed by atoms with Crippen molar-refractivity contribution in [3.05, 3.63) is 73.3 Å². The van der Waals surface area contributed by atoms with E-state index in [1.807, 2.05) is 0 Å². The monoisotopic (exact) mass is 396 g/mol. The Hall–Kier alpha value is -1.68. The van der Waals surface area contributed by atoms with Crippen LogP contribution in [0.5, 0.6) is 0 Å². The van der Waals surface area contributed by atoms with Crippen molar-refractivity contribution in [2.75, 3.05) is 19.8 Å². The lowest BCUT2D eigenvalue weighted by atomic mass is 10.2. The van der Waals surface area contributed by atoms with Gasteiger partial charge in [0.25, 0.3) is 8.32 Å². The molecule has 2 rings (SSSR count). The van der Waals surface area contributed by atoms with Crippen molar-refractivity contribution < 1.29 is 9.16 Å². The summed E-state index contributed by atoms with van der Waals surface area (Å²) in [5.74, 6) is 0. The van der Waals surface area contributed by atoms with E-state index in [1.165, 1.54) is 23.2 Å². The lowest BCUT2D eigenvalue weighted by Gasteiger charge is -2.43. The lowest BCUT2D eigenvalue weighted by molar-refractivity contribution is 0.156. The van der Waals surface area contributed by atoms with E-state index in [-0.39, 0.29) is 5.04 Å². The Kier molecular flexibility index (Phi) is 9.16. The van der Waals surface area contributed by atoms with Crippen LogP contribution in [0.1, 0.15) is 46.5 Å². The first-order chi connectivity index (χ1) is 13.5. The number of hydrogen-bond donors (Lipinski definition) is 0. The normalized spacial score (nSPS) is 12.1. The van der Waals surface area contributed by atoms with Gasteiger partial charge in [0.2, 0.25) is 0 Å². The average molecular weight is 397 g/mol. The number of benzene rings is 2. The molecule has 0 saturated carbocycles. The van der Waals surface area contributed by atoms with Gasteiger partial charge in [0.1, 0.15) is 0 Å². The molecular formula is C25H36O2Si. The number of ether oxygens (including phenoxy) is 1. The van der Waals surface area contributed by atoms with Crippen molar-refractivity contribution in [2.45, 2.75) is 51.5 Å². The summed E-state index contributed by atoms with van der Waals surface area (Å²) in [6.45, 7) is 12.9. The van der Waals surface area contributed by atoms with Gasteiger partial charge in [-0.25, -0.2) is 0 Å². The summed E-state index contributed by atoms with van der Waals surface area (Å²) in [5, 5.41) is 2.76. The topological polar surface area (TPSA) is 18.5 Å². The minimum absolute atomic E-state index is 0.0498. The second kappa shape index (κ2) is 11.4. The highest BCUT2D eigenvalue weighted by Gasteiger charge is 2.49. The van der Waals surface area contributed by atoms with Crippen molar-refractivity contribution in [2.24, 2.45) is 0 Å². The van der Waals surface area contributed by atoms with Gasteiger partial charge in [-0.05, 0) is 28.3 Å². The van der Waals surface area contributed by atoms with Gasteiger partial charge in [0.15, 0.2) is 0 Å². The molecule has 2 aromatic rings. The maximum absolute atomic E-state index is 6.91. The minimum atomic E-state index is -2.37. The van der Waals surface area contributed by atoms with Crippen LogP contribution in [0.15, 0.2) is 73.3 Å². The molecule has 152 valence electrons. The largest absolute Gasteiger partial charge is 0.407 e. The van der Waals surface area contributed by atoms with E-state index in [0.717, 1.165) is 26.1 Å². The third-order valence-electron chi connectivity index (χ3n) is 5.15. The van der Waals surface area contributed by atoms with Crippen molar-refractivity contribution in [3.8, 4) is 0 Å². The Bertz CT molecular complexity index is 637. The Morgan fingerprint density at radius 2 is 1.29 bits per heavy atom. The van der Waals surface area contributed by atoms with Crippen LogP contribution in [0, 0.1) is 0 Å². The molecule has 2 nitrogen and oxygen atoms in total. The summed E-state index contributed by atoms with van der Waals surface area (Å²) in [4.78, 5) is 0. The van der Waals surface area contributed by atoms with E-state index in [1.54, 1.807) is 6.08 Å². The molecule has 28 heavy (non-hydrogen) atoms. The molecule has 0 aliphatic heterocycles. The first kappa shape index (κ1) is 22.6. The Morgan fingerprint density at radius 3 is 1.75 bits per heavy atom. The van der Waals surface area contributed by atoms with Crippen LogP contribution in [-0.2, 0) is 9.16 Å². The van der Waals surface area contributed by atoms with Gasteiger partial charge in [-0.15, -0.1) is 6.58 Å². The molecule has 0 unspecified atom stereocenters. The lowest BCUT2D eigenvalue weighted by Crippen LogP contribution is -2.66. The standard InChI is InChI=1S/C25H36O2Si/c1-5-20-26-21-14-6-7-15-22-27-28(25(2,3)4,23-16-10-8-11-17-23)24-18-12-9-13-19-24/h5,8-13,16-19H,1,6-7,14-15,20-22H2,2-4H3. The minimum Gasteiger partial charge on any atom is -0.407 e. The molecule has 2 aromatic carbocycles. The molecule has 0 spiro atoms. The number of unbranched alkanes of at least 4 members (excludes halogenated alkanes) is 3. The van der Waals surface area contributed by atoms with Crippen molar-refractivity contribution in [1.82, 2.24) is 0 Å². The fourth-order valence-corrected chi connectivity index (χ4v) is 8.42. The molecule has 3 heteroatoms. The van der Waals surface area contributed by atoms with Gasteiger partial charge in [-0.1, -0.05) is 100 Å². The highest BCUT2D eigenvalue weighted by molar-refractivity contribution is 6.99. The summed E-state index contributed by atoms with van der Waals surface area (Å²) < 4.78 is 12.4. The molecule has 0 radical (unpaired) electrons. The third kappa shape index (κ3) is 5.90. The molecule has 0 aromatic heterocycles. The Morgan fingerprint density at radius 1 is 0.786 bits per heavy atom. The molecule has 0 amide bonds. The summed E-state index contributed by atoms with van der Waals surface area (Å²) in [6, 6.07) is 21.7. The zero-order chi connectivity index (χ0) is 20.3. The highest BCUT2D eigenvalue weighted by Crippen LogP contribution is 2.36. The predicted molar refractivity (Wildman–Crippen MR) is 123 cm³/mol. The van der Waals surface area contributed by atoms with E-state index < -0.39 is 8.32 Å². The number of rotatable bonds is 12. The first-order valence-corrected chi connectivity index (χ1v) is 12.4. The van der Waals surface area contributed by atoms with Crippen LogP contribution < -0.4 is 10.4 Å². The maximum atomic E-state index is 6.91. The summed E-state index contributed by atoms with van der Waals surface area (Å²) in [6.07, 6.45) is 6.35. The van der Waals surface area contributed by atoms with E-state index in [4.69, 9.17) is 9.16 Å². The maximum Gasteiger partial charge on any atom is 0.261 e. The smallest absolute Gasteiger partial charge is 0.261 e. The molecule has 0 N–H and O–H groups in total. The van der Waals surface area contributed by atoms with Gasteiger partial charge < -0.3 is 9.16 Å². The van der Waals surface area contributed by atoms with E-state index in [0.29, 0.717) is 6.61 Å². The van der Waals surface area contributed by atoms with E-state index in [9.17, 15) is 0 Å². The van der Waals surface area contributed by atoms with Gasteiger partial charge in [0.05, 0.1) is 6.61 Å². The van der Waals surface area contributed by atoms with Crippen LogP contribution in [-0.4, -0.2) is 28.1 Å². The molecule has 0 fully saturated rings. The SMILES string of the molecule is C=CCOCCCCCCO[Si](c1ccccc1)(c1ccccc1)C(C)(C)C. The van der Waals surface area contributed by atoms with Crippen LogP contribution in [0.4, 0.5) is 0 Å². The first-order valence-electron chi connectivity index (χ1n) is 10.5. The van der Waals surface area contributed by atoms with Crippen molar-refractivity contribution >= 4 is 18.7 Å². The second-order valence-electron chi connectivity index (χ2n) is 8.29. The summed E-state index contributed by atoms with van der Waals surface area (Å²) in [7, 11) is -2.37. The number of hydrogen-bond acceptors (Lipinski definition) is 2. The zero-order valence-corrected chi connectivity index (χ0v) is 18.8. The van der Waals surface area contributed by atoms with Crippen LogP contribution in [0.2, 0.25) is 5.04 Å². The summed E-state index contributed by atoms with van der Waals surface area (Å²) >= 11 is 0. The van der Waals surface area contributed by atoms with Crippen LogP contribution in [0.3, 0.4) is 0 Å². The van der Waals surface area contributed by atoms with Crippen LogP contribution >= 0.6 is 0 Å². The van der Waals surface area contributed by atoms with Crippen LogP contribution in [0.25, 0.3) is 0 Å². The van der Waals surface area contributed by atoms with Gasteiger partial charge in [-0.2, -0.15) is 0 Å². The quantitative estimate of drug-likeness (QED) is 0.274. The fourth-order valence-electron chi connectivity index (χ4n) is 3.81. The predicted octanol–water partition coefficient (Wildman–Crippen LogP) is 5.33. The van der Waals surface area contributed by atoms with E-state index in [2.05, 4.69) is 88.0 Å². The molecule has 0 aliphatic rings. The van der Waals surface area contributed by atoms with Gasteiger partial charge >= 0.3 is 0 Å². The van der Waals surface area contributed by atoms with Gasteiger partial charge in [-0.3, -0.25) is 0 Å². The van der Waals surface area contributed by atoms with E-state index >= 15 is 0 Å². The molecule has 0 heterocycles. The Balaban J connectivity index is 2.09. The second-order valence-corrected chi connectivity index (χ2v) is 12.6. The highest BCUT2D eigenvalue weighted by atomic mass is 28.4. The van der Waals surface area contributed by atoms with Gasteiger partial charge in [0, 0.05) is 13.2 Å². The molecule has 0 atom stereocenters. The molecular weight excluding hydrogens is 360 g/mol. The average Bonchev–Trinajstić information content (AvgIpc) is 2.70. The molecule has 0 aliphatic carbocycles. The Labute approximate surface area is 172 Å².